The minimum absolute atomic E-state index is 0.166. The Labute approximate surface area is 84.2 Å². The Morgan fingerprint density at radius 1 is 1.36 bits per heavy atom. The maximum atomic E-state index is 11.5. The SMILES string of the molecule is O=C(OCC1CCC1)N1CCOCC1. The Morgan fingerprint density at radius 2 is 2.07 bits per heavy atom. The van der Waals surface area contributed by atoms with E-state index in [0.29, 0.717) is 38.8 Å². The van der Waals surface area contributed by atoms with Gasteiger partial charge in [-0.25, -0.2) is 4.79 Å². The van der Waals surface area contributed by atoms with Crippen molar-refractivity contribution in [3.05, 3.63) is 0 Å². The van der Waals surface area contributed by atoms with E-state index >= 15 is 0 Å². The van der Waals surface area contributed by atoms with Gasteiger partial charge in [-0.1, -0.05) is 6.42 Å². The molecule has 1 amide bonds. The number of hydrogen-bond donors (Lipinski definition) is 0. The second-order valence-corrected chi connectivity index (χ2v) is 3.97. The molecule has 0 aromatic carbocycles. The Kier molecular flexibility index (Phi) is 3.24. The van der Waals surface area contributed by atoms with Crippen molar-refractivity contribution in [2.24, 2.45) is 5.92 Å². The molecule has 0 aromatic rings. The lowest BCUT2D eigenvalue weighted by molar-refractivity contribution is 0.0185. The third-order valence-electron chi connectivity index (χ3n) is 2.94. The van der Waals surface area contributed by atoms with Crippen molar-refractivity contribution in [1.82, 2.24) is 4.90 Å². The van der Waals surface area contributed by atoms with Crippen LogP contribution in [0.15, 0.2) is 0 Å². The molecule has 4 heteroatoms. The van der Waals surface area contributed by atoms with Crippen LogP contribution in [-0.2, 0) is 9.47 Å². The van der Waals surface area contributed by atoms with Crippen LogP contribution in [0.3, 0.4) is 0 Å². The first-order valence-corrected chi connectivity index (χ1v) is 5.36. The summed E-state index contributed by atoms with van der Waals surface area (Å²) in [6.45, 7) is 3.22. The van der Waals surface area contributed by atoms with Crippen molar-refractivity contribution < 1.29 is 14.3 Å². The van der Waals surface area contributed by atoms with Gasteiger partial charge in [0.2, 0.25) is 0 Å². The fraction of sp³-hybridized carbons (Fsp3) is 0.900. The van der Waals surface area contributed by atoms with E-state index in [2.05, 4.69) is 0 Å². The Hall–Kier alpha value is -0.770. The number of hydrogen-bond acceptors (Lipinski definition) is 3. The van der Waals surface area contributed by atoms with Gasteiger partial charge in [-0.15, -0.1) is 0 Å². The molecule has 0 atom stereocenters. The van der Waals surface area contributed by atoms with Crippen LogP contribution in [0.5, 0.6) is 0 Å². The highest BCUT2D eigenvalue weighted by molar-refractivity contribution is 5.67. The van der Waals surface area contributed by atoms with Gasteiger partial charge in [-0.2, -0.15) is 0 Å². The van der Waals surface area contributed by atoms with E-state index < -0.39 is 0 Å². The summed E-state index contributed by atoms with van der Waals surface area (Å²) in [5.74, 6) is 0.625. The van der Waals surface area contributed by atoms with Gasteiger partial charge in [0.1, 0.15) is 0 Å². The van der Waals surface area contributed by atoms with Crippen LogP contribution in [0.1, 0.15) is 19.3 Å². The van der Waals surface area contributed by atoms with Gasteiger partial charge in [-0.3, -0.25) is 0 Å². The second-order valence-electron chi connectivity index (χ2n) is 3.97. The quantitative estimate of drug-likeness (QED) is 0.672. The van der Waals surface area contributed by atoms with E-state index in [-0.39, 0.29) is 6.09 Å². The molecule has 2 rings (SSSR count). The first kappa shape index (κ1) is 9.77. The summed E-state index contributed by atoms with van der Waals surface area (Å²) >= 11 is 0. The van der Waals surface area contributed by atoms with Crippen LogP contribution in [0.2, 0.25) is 0 Å². The normalized spacial score (nSPS) is 23.0. The second kappa shape index (κ2) is 4.64. The lowest BCUT2D eigenvalue weighted by Crippen LogP contribution is -2.41. The molecule has 0 unspecified atom stereocenters. The lowest BCUT2D eigenvalue weighted by atomic mass is 9.86. The molecule has 80 valence electrons. The molecule has 0 aromatic heterocycles. The third kappa shape index (κ3) is 2.38. The van der Waals surface area contributed by atoms with E-state index in [4.69, 9.17) is 9.47 Å². The Balaban J connectivity index is 1.65. The number of nitrogens with zero attached hydrogens (tertiary/aromatic N) is 1. The monoisotopic (exact) mass is 199 g/mol. The third-order valence-corrected chi connectivity index (χ3v) is 2.94. The summed E-state index contributed by atoms with van der Waals surface area (Å²) < 4.78 is 10.4. The van der Waals surface area contributed by atoms with E-state index in [0.717, 1.165) is 0 Å². The molecule has 1 heterocycles. The lowest BCUT2D eigenvalue weighted by Gasteiger charge is -2.29. The molecule has 4 nitrogen and oxygen atoms in total. The number of amides is 1. The Bertz CT molecular complexity index is 198. The van der Waals surface area contributed by atoms with Crippen LogP contribution >= 0.6 is 0 Å². The number of ether oxygens (including phenoxy) is 2. The maximum absolute atomic E-state index is 11.5. The van der Waals surface area contributed by atoms with Gasteiger partial charge in [0.05, 0.1) is 19.8 Å². The van der Waals surface area contributed by atoms with Crippen LogP contribution in [-0.4, -0.2) is 43.9 Å². The highest BCUT2D eigenvalue weighted by Gasteiger charge is 2.22. The van der Waals surface area contributed by atoms with Gasteiger partial charge in [0.15, 0.2) is 0 Å². The van der Waals surface area contributed by atoms with Crippen LogP contribution in [0.4, 0.5) is 4.79 Å². The molecule has 2 aliphatic rings. The average molecular weight is 199 g/mol. The topological polar surface area (TPSA) is 38.8 Å². The molecule has 0 bridgehead atoms. The van der Waals surface area contributed by atoms with Crippen LogP contribution < -0.4 is 0 Å². The fourth-order valence-corrected chi connectivity index (χ4v) is 1.69. The molecule has 0 N–H and O–H groups in total. The maximum Gasteiger partial charge on any atom is 0.409 e. The predicted octanol–water partition coefficient (Wildman–Crippen LogP) is 1.26. The molecule has 0 spiro atoms. The predicted molar refractivity (Wildman–Crippen MR) is 51.1 cm³/mol. The molecule has 1 aliphatic carbocycles. The number of morpholine rings is 1. The average Bonchev–Trinajstić information content (AvgIpc) is 2.16. The molecule has 1 aliphatic heterocycles. The van der Waals surface area contributed by atoms with Crippen molar-refractivity contribution >= 4 is 6.09 Å². The highest BCUT2D eigenvalue weighted by Crippen LogP contribution is 2.26. The van der Waals surface area contributed by atoms with Gasteiger partial charge >= 0.3 is 6.09 Å². The molecular weight excluding hydrogens is 182 g/mol. The minimum atomic E-state index is -0.166. The molecule has 0 radical (unpaired) electrons. The Morgan fingerprint density at radius 3 is 2.64 bits per heavy atom. The summed E-state index contributed by atoms with van der Waals surface area (Å²) in [7, 11) is 0. The first-order valence-electron chi connectivity index (χ1n) is 5.36. The molecule has 14 heavy (non-hydrogen) atoms. The minimum Gasteiger partial charge on any atom is -0.449 e. The summed E-state index contributed by atoms with van der Waals surface area (Å²) in [6, 6.07) is 0. The summed E-state index contributed by atoms with van der Waals surface area (Å²) in [5, 5.41) is 0. The molecule has 1 saturated carbocycles. The van der Waals surface area contributed by atoms with Gasteiger partial charge in [-0.05, 0) is 18.8 Å². The van der Waals surface area contributed by atoms with Crippen LogP contribution in [0.25, 0.3) is 0 Å². The fourth-order valence-electron chi connectivity index (χ4n) is 1.69. The standard InChI is InChI=1S/C10H17NO3/c12-10(11-4-6-13-7-5-11)14-8-9-2-1-3-9/h9H,1-8H2. The van der Waals surface area contributed by atoms with Crippen LogP contribution in [0, 0.1) is 5.92 Å². The summed E-state index contributed by atoms with van der Waals surface area (Å²) in [5.41, 5.74) is 0. The van der Waals surface area contributed by atoms with Gasteiger partial charge in [0.25, 0.3) is 0 Å². The van der Waals surface area contributed by atoms with Gasteiger partial charge < -0.3 is 14.4 Å². The number of rotatable bonds is 2. The molecule has 1 saturated heterocycles. The van der Waals surface area contributed by atoms with E-state index in [1.165, 1.54) is 19.3 Å². The zero-order valence-electron chi connectivity index (χ0n) is 8.41. The zero-order chi connectivity index (χ0) is 9.80. The van der Waals surface area contributed by atoms with Gasteiger partial charge in [0, 0.05) is 13.1 Å². The number of carbonyl (C=O) groups is 1. The van der Waals surface area contributed by atoms with E-state index in [1.54, 1.807) is 4.90 Å². The largest absolute Gasteiger partial charge is 0.449 e. The number of carbonyl (C=O) groups excluding carboxylic acids is 1. The summed E-state index contributed by atoms with van der Waals surface area (Å²) in [6.07, 6.45) is 3.56. The highest BCUT2D eigenvalue weighted by atomic mass is 16.6. The van der Waals surface area contributed by atoms with E-state index in [9.17, 15) is 4.79 Å². The molecule has 2 fully saturated rings. The van der Waals surface area contributed by atoms with Crippen molar-refractivity contribution in [3.8, 4) is 0 Å². The van der Waals surface area contributed by atoms with Crippen molar-refractivity contribution in [1.29, 1.82) is 0 Å². The van der Waals surface area contributed by atoms with Crippen molar-refractivity contribution in [2.75, 3.05) is 32.9 Å². The summed E-state index contributed by atoms with van der Waals surface area (Å²) in [4.78, 5) is 13.2. The van der Waals surface area contributed by atoms with Crippen molar-refractivity contribution in [2.45, 2.75) is 19.3 Å². The smallest absolute Gasteiger partial charge is 0.409 e. The van der Waals surface area contributed by atoms with Crippen molar-refractivity contribution in [3.63, 3.8) is 0 Å². The zero-order valence-corrected chi connectivity index (χ0v) is 8.41. The first-order chi connectivity index (χ1) is 6.86. The van der Waals surface area contributed by atoms with E-state index in [1.807, 2.05) is 0 Å². The molecular formula is C10H17NO3.